The number of hydrogen-bond donors (Lipinski definition) is 1. The van der Waals surface area contributed by atoms with Crippen LogP contribution in [0, 0.1) is 6.92 Å². The lowest BCUT2D eigenvalue weighted by Gasteiger charge is -2.34. The van der Waals surface area contributed by atoms with E-state index in [9.17, 15) is 13.2 Å². The van der Waals surface area contributed by atoms with E-state index in [4.69, 9.17) is 4.74 Å². The van der Waals surface area contributed by atoms with Crippen molar-refractivity contribution in [2.75, 3.05) is 32.1 Å². The number of para-hydroxylation sites is 1. The first-order chi connectivity index (χ1) is 13.4. The van der Waals surface area contributed by atoms with Gasteiger partial charge in [-0.1, -0.05) is 30.3 Å². The van der Waals surface area contributed by atoms with Gasteiger partial charge in [0.1, 0.15) is 5.75 Å². The molecule has 1 N–H and O–H groups in total. The van der Waals surface area contributed by atoms with Gasteiger partial charge in [0.05, 0.1) is 13.7 Å². The predicted molar refractivity (Wildman–Crippen MR) is 108 cm³/mol. The molecule has 0 spiro atoms. The summed E-state index contributed by atoms with van der Waals surface area (Å²) < 4.78 is 33.8. The molecule has 1 aliphatic rings. The van der Waals surface area contributed by atoms with E-state index in [0.717, 1.165) is 11.1 Å². The summed E-state index contributed by atoms with van der Waals surface area (Å²) >= 11 is 0. The van der Waals surface area contributed by atoms with E-state index >= 15 is 0 Å². The lowest BCUT2D eigenvalue weighted by Crippen LogP contribution is -2.51. The molecule has 0 radical (unpaired) electrons. The molecule has 28 heavy (non-hydrogen) atoms. The largest absolute Gasteiger partial charge is 0.497 e. The average Bonchev–Trinajstić information content (AvgIpc) is 2.67. The third kappa shape index (κ3) is 4.70. The van der Waals surface area contributed by atoms with Crippen LogP contribution in [-0.2, 0) is 21.5 Å². The fourth-order valence-electron chi connectivity index (χ4n) is 3.18. The second kappa shape index (κ2) is 8.72. The van der Waals surface area contributed by atoms with Crippen LogP contribution in [0.15, 0.2) is 48.5 Å². The minimum Gasteiger partial charge on any atom is -0.497 e. The van der Waals surface area contributed by atoms with E-state index in [0.29, 0.717) is 30.9 Å². The highest BCUT2D eigenvalue weighted by Crippen LogP contribution is 2.21. The van der Waals surface area contributed by atoms with Crippen molar-refractivity contribution in [2.45, 2.75) is 19.9 Å². The number of rotatable bonds is 6. The molecule has 0 aromatic heterocycles. The van der Waals surface area contributed by atoms with E-state index in [2.05, 4.69) is 5.32 Å². The molecule has 1 saturated heterocycles. The minimum atomic E-state index is -3.71. The zero-order valence-corrected chi connectivity index (χ0v) is 16.9. The molecule has 1 fully saturated rings. The Morgan fingerprint density at radius 3 is 2.61 bits per heavy atom. The Kier molecular flexibility index (Phi) is 6.33. The normalized spacial score (nSPS) is 17.2. The van der Waals surface area contributed by atoms with Gasteiger partial charge in [-0.25, -0.2) is 0 Å². The van der Waals surface area contributed by atoms with Crippen LogP contribution in [0.25, 0.3) is 0 Å². The lowest BCUT2D eigenvalue weighted by molar-refractivity contribution is -0.116. The van der Waals surface area contributed by atoms with Crippen LogP contribution >= 0.6 is 0 Å². The van der Waals surface area contributed by atoms with E-state index < -0.39 is 10.2 Å². The summed E-state index contributed by atoms with van der Waals surface area (Å²) in [6.45, 7) is 2.69. The molecular weight excluding hydrogens is 378 g/mol. The molecule has 150 valence electrons. The molecule has 0 atom stereocenters. The number of ether oxygens (including phenoxy) is 1. The predicted octanol–water partition coefficient (Wildman–Crippen LogP) is 2.39. The molecule has 2 aromatic rings. The number of hydrogen-bond acceptors (Lipinski definition) is 4. The van der Waals surface area contributed by atoms with Crippen LogP contribution in [-0.4, -0.2) is 49.7 Å². The van der Waals surface area contributed by atoms with Crippen molar-refractivity contribution in [3.63, 3.8) is 0 Å². The van der Waals surface area contributed by atoms with Crippen molar-refractivity contribution >= 4 is 21.8 Å². The minimum absolute atomic E-state index is 0.203. The summed E-state index contributed by atoms with van der Waals surface area (Å²) in [6.07, 6.45) is 0.668. The van der Waals surface area contributed by atoms with Crippen LogP contribution in [0.3, 0.4) is 0 Å². The van der Waals surface area contributed by atoms with E-state index in [-0.39, 0.29) is 19.0 Å². The van der Waals surface area contributed by atoms with E-state index in [1.807, 2.05) is 49.4 Å². The van der Waals surface area contributed by atoms with Gasteiger partial charge in [-0.2, -0.15) is 17.0 Å². The molecule has 2 aromatic carbocycles. The second-order valence-electron chi connectivity index (χ2n) is 6.74. The third-order valence-electron chi connectivity index (χ3n) is 4.70. The fraction of sp³-hybridized carbons (Fsp3) is 0.350. The zero-order chi connectivity index (χ0) is 20.1. The van der Waals surface area contributed by atoms with Gasteiger partial charge in [0.2, 0.25) is 5.91 Å². The molecule has 1 amide bonds. The van der Waals surface area contributed by atoms with Crippen molar-refractivity contribution in [3.8, 4) is 5.75 Å². The highest BCUT2D eigenvalue weighted by Gasteiger charge is 2.34. The summed E-state index contributed by atoms with van der Waals surface area (Å²) in [7, 11) is -2.14. The molecule has 0 aliphatic carbocycles. The van der Waals surface area contributed by atoms with Crippen LogP contribution in [0.5, 0.6) is 5.75 Å². The Morgan fingerprint density at radius 1 is 1.11 bits per heavy atom. The first kappa shape index (κ1) is 20.3. The lowest BCUT2D eigenvalue weighted by atomic mass is 10.2. The quantitative estimate of drug-likeness (QED) is 0.803. The summed E-state index contributed by atoms with van der Waals surface area (Å²) in [5, 5.41) is 2.79. The highest BCUT2D eigenvalue weighted by molar-refractivity contribution is 7.86. The van der Waals surface area contributed by atoms with Crippen LogP contribution in [0.4, 0.5) is 5.69 Å². The smallest absolute Gasteiger partial charge is 0.282 e. The summed E-state index contributed by atoms with van der Waals surface area (Å²) in [6, 6.07) is 14.7. The maximum atomic E-state index is 13.0. The zero-order valence-electron chi connectivity index (χ0n) is 16.1. The van der Waals surface area contributed by atoms with Gasteiger partial charge in [0.15, 0.2) is 0 Å². The summed E-state index contributed by atoms with van der Waals surface area (Å²) in [5.41, 5.74) is 2.46. The molecule has 3 rings (SSSR count). The molecule has 1 heterocycles. The van der Waals surface area contributed by atoms with Crippen molar-refractivity contribution < 1.29 is 17.9 Å². The Balaban J connectivity index is 1.68. The van der Waals surface area contributed by atoms with Crippen molar-refractivity contribution in [1.82, 2.24) is 8.61 Å². The highest BCUT2D eigenvalue weighted by atomic mass is 32.2. The topological polar surface area (TPSA) is 79.0 Å². The molecule has 0 unspecified atom stereocenters. The molecule has 8 heteroatoms. The first-order valence-electron chi connectivity index (χ1n) is 9.14. The van der Waals surface area contributed by atoms with Crippen molar-refractivity contribution in [3.05, 3.63) is 59.7 Å². The van der Waals surface area contributed by atoms with Crippen molar-refractivity contribution in [1.29, 1.82) is 0 Å². The summed E-state index contributed by atoms with van der Waals surface area (Å²) in [5.74, 6) is 0.336. The fourth-order valence-corrected chi connectivity index (χ4v) is 4.82. The Hall–Kier alpha value is -2.42. The monoisotopic (exact) mass is 403 g/mol. The average molecular weight is 404 g/mol. The van der Waals surface area contributed by atoms with Gasteiger partial charge in [0.25, 0.3) is 10.2 Å². The number of benzene rings is 2. The van der Waals surface area contributed by atoms with Gasteiger partial charge in [0, 0.05) is 25.3 Å². The summed E-state index contributed by atoms with van der Waals surface area (Å²) in [4.78, 5) is 12.4. The molecule has 0 bridgehead atoms. The van der Waals surface area contributed by atoms with E-state index in [1.54, 1.807) is 13.2 Å². The van der Waals surface area contributed by atoms with Gasteiger partial charge in [-0.15, -0.1) is 0 Å². The molecule has 7 nitrogen and oxygen atoms in total. The third-order valence-corrected chi connectivity index (χ3v) is 6.63. The number of methoxy groups -OCH3 is 1. The maximum absolute atomic E-state index is 13.0. The number of carbonyl (C=O) groups excluding carboxylic acids is 1. The Bertz CT molecular complexity index is 946. The molecule has 0 saturated carbocycles. The number of anilines is 1. The van der Waals surface area contributed by atoms with Gasteiger partial charge < -0.3 is 10.1 Å². The van der Waals surface area contributed by atoms with Crippen molar-refractivity contribution in [2.24, 2.45) is 0 Å². The van der Waals surface area contributed by atoms with Crippen LogP contribution < -0.4 is 10.1 Å². The van der Waals surface area contributed by atoms with Gasteiger partial charge in [-0.3, -0.25) is 4.79 Å². The molecular formula is C20H25N3O4S. The molecule has 1 aliphatic heterocycles. The SMILES string of the molecule is COc1cccc(CN2CCCN(CC(=O)Nc3ccccc3C)S2(=O)=O)c1. The maximum Gasteiger partial charge on any atom is 0.282 e. The Labute approximate surface area is 166 Å². The Morgan fingerprint density at radius 2 is 1.86 bits per heavy atom. The second-order valence-corrected chi connectivity index (χ2v) is 8.67. The number of nitrogens with zero attached hydrogens (tertiary/aromatic N) is 2. The van der Waals surface area contributed by atoms with E-state index in [1.165, 1.54) is 8.61 Å². The van der Waals surface area contributed by atoms with Gasteiger partial charge in [-0.05, 0) is 42.7 Å². The standard InChI is InChI=1S/C20H25N3O4S/c1-16-7-3-4-10-19(16)21-20(24)15-23-12-6-11-22(28(23,25)26)14-17-8-5-9-18(13-17)27-2/h3-5,7-10,13H,6,11-12,14-15H2,1-2H3,(H,21,24). The number of carbonyl (C=O) groups is 1. The first-order valence-corrected chi connectivity index (χ1v) is 10.5. The number of amides is 1. The van der Waals surface area contributed by atoms with Crippen LogP contribution in [0.2, 0.25) is 0 Å². The van der Waals surface area contributed by atoms with Crippen LogP contribution in [0.1, 0.15) is 17.5 Å². The van der Waals surface area contributed by atoms with Gasteiger partial charge >= 0.3 is 0 Å². The number of aryl methyl sites for hydroxylation is 1. The number of nitrogens with one attached hydrogen (secondary N) is 1.